The predicted octanol–water partition coefficient (Wildman–Crippen LogP) is 3.00. The Bertz CT molecular complexity index is 438. The van der Waals surface area contributed by atoms with Gasteiger partial charge in [-0.15, -0.1) is 0 Å². The fourth-order valence-corrected chi connectivity index (χ4v) is 3.50. The molecule has 0 bridgehead atoms. The standard InChI is InChI=1S/C14H21NO3S/c1-10(15-9-14(2)7-4-8-19-14)11-5-6-12(18-11)13(16)17-3/h5-6,10,15H,4,7-9H2,1-3H3. The SMILES string of the molecule is COC(=O)c1ccc(C(C)NCC2(C)CCCS2)o1. The lowest BCUT2D eigenvalue weighted by Gasteiger charge is -2.25. The molecule has 0 amide bonds. The predicted molar refractivity (Wildman–Crippen MR) is 76.6 cm³/mol. The molecule has 0 spiro atoms. The maximum Gasteiger partial charge on any atom is 0.373 e. The number of rotatable bonds is 5. The van der Waals surface area contributed by atoms with Crippen LogP contribution in [0.5, 0.6) is 0 Å². The molecule has 1 N–H and O–H groups in total. The van der Waals surface area contributed by atoms with Crippen molar-refractivity contribution in [2.45, 2.75) is 37.5 Å². The highest BCUT2D eigenvalue weighted by molar-refractivity contribution is 8.00. The van der Waals surface area contributed by atoms with Crippen LogP contribution in [-0.2, 0) is 4.74 Å². The number of carbonyl (C=O) groups is 1. The molecule has 0 saturated carbocycles. The molecule has 1 fully saturated rings. The zero-order chi connectivity index (χ0) is 13.9. The van der Waals surface area contributed by atoms with Crippen molar-refractivity contribution in [1.29, 1.82) is 0 Å². The van der Waals surface area contributed by atoms with Crippen molar-refractivity contribution in [3.8, 4) is 0 Å². The highest BCUT2D eigenvalue weighted by atomic mass is 32.2. The van der Waals surface area contributed by atoms with Crippen LogP contribution >= 0.6 is 11.8 Å². The van der Waals surface area contributed by atoms with E-state index in [-0.39, 0.29) is 11.8 Å². The first-order valence-corrected chi connectivity index (χ1v) is 7.58. The molecule has 106 valence electrons. The van der Waals surface area contributed by atoms with E-state index in [0.717, 1.165) is 12.3 Å². The summed E-state index contributed by atoms with van der Waals surface area (Å²) < 4.78 is 10.5. The van der Waals surface area contributed by atoms with Gasteiger partial charge in [0.25, 0.3) is 0 Å². The summed E-state index contributed by atoms with van der Waals surface area (Å²) in [6.45, 7) is 5.29. The molecule has 1 aliphatic rings. The smallest absolute Gasteiger partial charge is 0.373 e. The highest BCUT2D eigenvalue weighted by Gasteiger charge is 2.29. The number of thioether (sulfide) groups is 1. The first-order valence-electron chi connectivity index (χ1n) is 6.59. The summed E-state index contributed by atoms with van der Waals surface area (Å²) in [7, 11) is 1.35. The van der Waals surface area contributed by atoms with E-state index in [1.165, 1.54) is 25.7 Å². The fourth-order valence-electron chi connectivity index (χ4n) is 2.24. The van der Waals surface area contributed by atoms with Gasteiger partial charge in [-0.2, -0.15) is 11.8 Å². The van der Waals surface area contributed by atoms with Gasteiger partial charge in [-0.3, -0.25) is 0 Å². The lowest BCUT2D eigenvalue weighted by molar-refractivity contribution is 0.0562. The molecule has 1 aliphatic heterocycles. The molecular weight excluding hydrogens is 262 g/mol. The third-order valence-electron chi connectivity index (χ3n) is 3.52. The second-order valence-electron chi connectivity index (χ2n) is 5.20. The molecule has 2 rings (SSSR count). The molecule has 4 nitrogen and oxygen atoms in total. The first kappa shape index (κ1) is 14.5. The van der Waals surface area contributed by atoms with Crippen molar-refractivity contribution < 1.29 is 13.9 Å². The number of esters is 1. The lowest BCUT2D eigenvalue weighted by atomic mass is 10.1. The second kappa shape index (κ2) is 6.01. The van der Waals surface area contributed by atoms with Crippen molar-refractivity contribution in [2.75, 3.05) is 19.4 Å². The molecule has 19 heavy (non-hydrogen) atoms. The van der Waals surface area contributed by atoms with Crippen LogP contribution < -0.4 is 5.32 Å². The molecule has 5 heteroatoms. The number of nitrogens with one attached hydrogen (secondary N) is 1. The summed E-state index contributed by atoms with van der Waals surface area (Å²) in [5, 5.41) is 3.48. The molecule has 0 aliphatic carbocycles. The minimum atomic E-state index is -0.434. The molecule has 2 unspecified atom stereocenters. The topological polar surface area (TPSA) is 51.5 Å². The second-order valence-corrected chi connectivity index (χ2v) is 6.88. The average Bonchev–Trinajstić information content (AvgIpc) is 3.04. The Labute approximate surface area is 118 Å². The molecule has 1 aromatic heterocycles. The third-order valence-corrected chi connectivity index (χ3v) is 5.06. The van der Waals surface area contributed by atoms with E-state index in [4.69, 9.17) is 4.42 Å². The maximum absolute atomic E-state index is 11.3. The number of hydrogen-bond donors (Lipinski definition) is 1. The van der Waals surface area contributed by atoms with E-state index in [0.29, 0.717) is 4.75 Å². The monoisotopic (exact) mass is 283 g/mol. The van der Waals surface area contributed by atoms with Crippen LogP contribution in [-0.4, -0.2) is 30.1 Å². The summed E-state index contributed by atoms with van der Waals surface area (Å²) >= 11 is 2.03. The highest BCUT2D eigenvalue weighted by Crippen LogP contribution is 2.37. The fraction of sp³-hybridized carbons (Fsp3) is 0.643. The molecule has 0 radical (unpaired) electrons. The van der Waals surface area contributed by atoms with Gasteiger partial charge in [-0.05, 0) is 44.6 Å². The third kappa shape index (κ3) is 3.54. The van der Waals surface area contributed by atoms with Crippen LogP contribution in [0, 0.1) is 0 Å². The average molecular weight is 283 g/mol. The van der Waals surface area contributed by atoms with Gasteiger partial charge in [0, 0.05) is 11.3 Å². The van der Waals surface area contributed by atoms with E-state index in [9.17, 15) is 4.79 Å². The molecule has 2 atom stereocenters. The van der Waals surface area contributed by atoms with Crippen molar-refractivity contribution in [3.05, 3.63) is 23.7 Å². The van der Waals surface area contributed by atoms with Crippen LogP contribution in [0.3, 0.4) is 0 Å². The Kier molecular flexibility index (Phi) is 4.58. The van der Waals surface area contributed by atoms with Crippen LogP contribution in [0.15, 0.2) is 16.5 Å². The maximum atomic E-state index is 11.3. The summed E-state index contributed by atoms with van der Waals surface area (Å²) in [6, 6.07) is 3.58. The van der Waals surface area contributed by atoms with Crippen molar-refractivity contribution >= 4 is 17.7 Å². The molecular formula is C14H21NO3S. The Morgan fingerprint density at radius 3 is 3.05 bits per heavy atom. The Balaban J connectivity index is 1.90. The first-order chi connectivity index (χ1) is 9.04. The van der Waals surface area contributed by atoms with Crippen LogP contribution in [0.1, 0.15) is 49.0 Å². The quantitative estimate of drug-likeness (QED) is 0.842. The van der Waals surface area contributed by atoms with E-state index in [1.807, 2.05) is 24.8 Å². The minimum absolute atomic E-state index is 0.0939. The van der Waals surface area contributed by atoms with Crippen molar-refractivity contribution in [1.82, 2.24) is 5.32 Å². The Hall–Kier alpha value is -0.940. The zero-order valence-corrected chi connectivity index (χ0v) is 12.5. The van der Waals surface area contributed by atoms with Crippen molar-refractivity contribution in [3.63, 3.8) is 0 Å². The van der Waals surface area contributed by atoms with E-state index < -0.39 is 5.97 Å². The van der Waals surface area contributed by atoms with Gasteiger partial charge in [0.15, 0.2) is 0 Å². The number of methoxy groups -OCH3 is 1. The Morgan fingerprint density at radius 2 is 2.42 bits per heavy atom. The molecule has 1 saturated heterocycles. The summed E-state index contributed by atoms with van der Waals surface area (Å²) in [5.74, 6) is 1.84. The van der Waals surface area contributed by atoms with Crippen LogP contribution in [0.2, 0.25) is 0 Å². The van der Waals surface area contributed by atoms with Gasteiger partial charge in [0.1, 0.15) is 5.76 Å². The van der Waals surface area contributed by atoms with E-state index >= 15 is 0 Å². The summed E-state index contributed by atoms with van der Waals surface area (Å²) in [5.41, 5.74) is 0. The van der Waals surface area contributed by atoms with Crippen LogP contribution in [0.25, 0.3) is 0 Å². The largest absolute Gasteiger partial charge is 0.463 e. The Morgan fingerprint density at radius 1 is 1.63 bits per heavy atom. The number of hydrogen-bond acceptors (Lipinski definition) is 5. The molecule has 2 heterocycles. The van der Waals surface area contributed by atoms with Gasteiger partial charge in [0.05, 0.1) is 13.2 Å². The van der Waals surface area contributed by atoms with Gasteiger partial charge in [-0.25, -0.2) is 4.79 Å². The molecule has 0 aromatic carbocycles. The minimum Gasteiger partial charge on any atom is -0.463 e. The van der Waals surface area contributed by atoms with E-state index in [2.05, 4.69) is 17.0 Å². The normalized spacial score (nSPS) is 24.4. The number of ether oxygens (including phenoxy) is 1. The zero-order valence-electron chi connectivity index (χ0n) is 11.7. The summed E-state index contributed by atoms with van der Waals surface area (Å²) in [4.78, 5) is 11.3. The van der Waals surface area contributed by atoms with Gasteiger partial charge < -0.3 is 14.5 Å². The number of carbonyl (C=O) groups excluding carboxylic acids is 1. The van der Waals surface area contributed by atoms with E-state index in [1.54, 1.807) is 6.07 Å². The number of furan rings is 1. The van der Waals surface area contributed by atoms with Gasteiger partial charge in [0.2, 0.25) is 5.76 Å². The van der Waals surface area contributed by atoms with Gasteiger partial charge >= 0.3 is 5.97 Å². The van der Waals surface area contributed by atoms with Crippen molar-refractivity contribution in [2.24, 2.45) is 0 Å². The lowest BCUT2D eigenvalue weighted by Crippen LogP contribution is -2.34. The summed E-state index contributed by atoms with van der Waals surface area (Å²) in [6.07, 6.45) is 2.55. The molecule has 1 aromatic rings. The van der Waals surface area contributed by atoms with Crippen LogP contribution in [0.4, 0.5) is 0 Å². The van der Waals surface area contributed by atoms with Gasteiger partial charge in [-0.1, -0.05) is 0 Å².